The van der Waals surface area contributed by atoms with Gasteiger partial charge in [0.2, 0.25) is 11.8 Å². The maximum absolute atomic E-state index is 14.6. The van der Waals surface area contributed by atoms with Crippen molar-refractivity contribution in [1.82, 2.24) is 9.97 Å². The molecule has 0 bridgehead atoms. The van der Waals surface area contributed by atoms with E-state index in [0.29, 0.717) is 23.8 Å². The number of benzene rings is 1. The third kappa shape index (κ3) is 2.88. The van der Waals surface area contributed by atoms with Crippen LogP contribution in [0, 0.1) is 17.6 Å². The van der Waals surface area contributed by atoms with E-state index in [2.05, 4.69) is 15.0 Å². The van der Waals surface area contributed by atoms with Crippen LogP contribution in [0.5, 0.6) is 0 Å². The van der Waals surface area contributed by atoms with Crippen LogP contribution in [0.3, 0.4) is 0 Å². The Labute approximate surface area is 156 Å². The van der Waals surface area contributed by atoms with Crippen LogP contribution in [-0.2, 0) is 11.4 Å². The summed E-state index contributed by atoms with van der Waals surface area (Å²) in [5.74, 6) is -1.66. The number of H-pyrrole nitrogens is 1. The van der Waals surface area contributed by atoms with Gasteiger partial charge in [0.05, 0.1) is 4.75 Å². The molecule has 0 saturated carbocycles. The Morgan fingerprint density at radius 2 is 2.15 bits per heavy atom. The highest BCUT2D eigenvalue weighted by molar-refractivity contribution is 8.14. The zero-order valence-corrected chi connectivity index (χ0v) is 14.9. The first-order chi connectivity index (χ1) is 12.9. The SMILES string of the molecule is NC1=NC[C@H]2CN(c3nc(CF)c(F)c(=O)[nH]3)C[C@]2(c2ccccc2F)S1. The molecule has 0 amide bonds. The van der Waals surface area contributed by atoms with Gasteiger partial charge in [0, 0.05) is 31.1 Å². The summed E-state index contributed by atoms with van der Waals surface area (Å²) in [6.45, 7) is -0.160. The molecule has 1 aromatic heterocycles. The van der Waals surface area contributed by atoms with Crippen molar-refractivity contribution in [3.8, 4) is 0 Å². The predicted octanol–water partition coefficient (Wildman–Crippen LogP) is 1.91. The van der Waals surface area contributed by atoms with E-state index in [9.17, 15) is 18.0 Å². The van der Waals surface area contributed by atoms with Crippen molar-refractivity contribution in [2.45, 2.75) is 11.4 Å². The number of hydrogen-bond donors (Lipinski definition) is 2. The van der Waals surface area contributed by atoms with Crippen LogP contribution in [0.2, 0.25) is 0 Å². The monoisotopic (exact) mass is 395 g/mol. The quantitative estimate of drug-likeness (QED) is 0.829. The summed E-state index contributed by atoms with van der Waals surface area (Å²) < 4.78 is 40.5. The second kappa shape index (κ2) is 6.59. The third-order valence-corrected chi connectivity index (χ3v) is 6.34. The number of nitrogens with zero attached hydrogens (tertiary/aromatic N) is 3. The number of hydrogen-bond acceptors (Lipinski definition) is 6. The Morgan fingerprint density at radius 3 is 2.89 bits per heavy atom. The van der Waals surface area contributed by atoms with Crippen LogP contribution < -0.4 is 16.2 Å². The molecule has 142 valence electrons. The molecule has 2 aromatic rings. The van der Waals surface area contributed by atoms with Gasteiger partial charge in [-0.15, -0.1) is 0 Å². The Balaban J connectivity index is 1.78. The molecular formula is C17H16F3N5OS. The normalized spacial score (nSPS) is 24.6. The first-order valence-corrected chi connectivity index (χ1v) is 9.10. The summed E-state index contributed by atoms with van der Waals surface area (Å²) in [5.41, 5.74) is 4.83. The van der Waals surface area contributed by atoms with Crippen molar-refractivity contribution in [1.29, 1.82) is 0 Å². The number of aromatic nitrogens is 2. The number of amidine groups is 1. The van der Waals surface area contributed by atoms with Crippen LogP contribution in [0.25, 0.3) is 0 Å². The Kier molecular flexibility index (Phi) is 4.37. The smallest absolute Gasteiger partial charge is 0.288 e. The van der Waals surface area contributed by atoms with Crippen LogP contribution in [-0.4, -0.2) is 34.8 Å². The fourth-order valence-corrected chi connectivity index (χ4v) is 5.01. The molecule has 0 spiro atoms. The van der Waals surface area contributed by atoms with Gasteiger partial charge in [-0.1, -0.05) is 30.0 Å². The van der Waals surface area contributed by atoms with E-state index >= 15 is 0 Å². The number of nitrogens with one attached hydrogen (secondary N) is 1. The lowest BCUT2D eigenvalue weighted by Gasteiger charge is -2.36. The van der Waals surface area contributed by atoms with Crippen LogP contribution in [0.15, 0.2) is 34.1 Å². The van der Waals surface area contributed by atoms with Gasteiger partial charge in [-0.3, -0.25) is 14.8 Å². The average Bonchev–Trinajstić information content (AvgIpc) is 3.03. The lowest BCUT2D eigenvalue weighted by molar-refractivity contribution is 0.447. The number of nitrogens with two attached hydrogens (primary N) is 1. The molecule has 2 aliphatic heterocycles. The minimum atomic E-state index is -1.23. The highest BCUT2D eigenvalue weighted by Gasteiger charge is 2.52. The summed E-state index contributed by atoms with van der Waals surface area (Å²) >= 11 is 1.27. The molecule has 2 atom stereocenters. The Hall–Kier alpha value is -2.49. The van der Waals surface area contributed by atoms with Crippen LogP contribution in [0.4, 0.5) is 19.1 Å². The van der Waals surface area contributed by atoms with Crippen molar-refractivity contribution >= 4 is 22.9 Å². The molecule has 2 aliphatic rings. The first-order valence-electron chi connectivity index (χ1n) is 8.28. The van der Waals surface area contributed by atoms with Crippen LogP contribution >= 0.6 is 11.8 Å². The standard InChI is InChI=1S/C17H16F3N5OS/c18-5-12-13(20)14(26)24-16(23-12)25-7-9-6-22-15(21)27-17(9,8-25)10-3-1-2-4-11(10)19/h1-4,9H,5-8H2,(H2,21,22)(H,23,24,26)/t9-,17-/m0/s1. The van der Waals surface area contributed by atoms with E-state index in [0.717, 1.165) is 0 Å². The Morgan fingerprint density at radius 1 is 1.37 bits per heavy atom. The van der Waals surface area contributed by atoms with Crippen molar-refractivity contribution in [3.63, 3.8) is 0 Å². The molecule has 1 fully saturated rings. The topological polar surface area (TPSA) is 87.4 Å². The molecule has 1 aromatic carbocycles. The van der Waals surface area contributed by atoms with Gasteiger partial charge in [-0.25, -0.2) is 13.8 Å². The molecule has 3 N–H and O–H groups in total. The molecule has 1 saturated heterocycles. The molecule has 6 nitrogen and oxygen atoms in total. The van der Waals surface area contributed by atoms with Crippen molar-refractivity contribution in [2.24, 2.45) is 16.6 Å². The lowest BCUT2D eigenvalue weighted by atomic mass is 9.87. The minimum Gasteiger partial charge on any atom is -0.379 e. The van der Waals surface area contributed by atoms with Crippen molar-refractivity contribution in [3.05, 3.63) is 57.5 Å². The molecule has 4 rings (SSSR count). The lowest BCUT2D eigenvalue weighted by Crippen LogP contribution is -2.40. The molecule has 0 aliphatic carbocycles. The minimum absolute atomic E-state index is 0.0540. The summed E-state index contributed by atoms with van der Waals surface area (Å²) in [7, 11) is 0. The Bertz CT molecular complexity index is 981. The third-order valence-electron chi connectivity index (χ3n) is 4.95. The average molecular weight is 395 g/mol. The largest absolute Gasteiger partial charge is 0.379 e. The molecule has 10 heteroatoms. The number of anilines is 1. The zero-order valence-electron chi connectivity index (χ0n) is 14.1. The van der Waals surface area contributed by atoms with Gasteiger partial charge in [0.1, 0.15) is 18.2 Å². The molecular weight excluding hydrogens is 379 g/mol. The van der Waals surface area contributed by atoms with Gasteiger partial charge in [0.15, 0.2) is 5.17 Å². The van der Waals surface area contributed by atoms with Crippen LogP contribution in [0.1, 0.15) is 11.3 Å². The summed E-state index contributed by atoms with van der Waals surface area (Å²) in [5, 5.41) is 0.348. The van der Waals surface area contributed by atoms with Gasteiger partial charge >= 0.3 is 0 Å². The van der Waals surface area contributed by atoms with Gasteiger partial charge in [0.25, 0.3) is 5.56 Å². The van der Waals surface area contributed by atoms with Gasteiger partial charge < -0.3 is 10.6 Å². The number of aliphatic imine (C=N–C) groups is 1. The van der Waals surface area contributed by atoms with Crippen molar-refractivity contribution < 1.29 is 13.2 Å². The molecule has 0 unspecified atom stereocenters. The van der Waals surface area contributed by atoms with E-state index < -0.39 is 28.5 Å². The van der Waals surface area contributed by atoms with E-state index in [-0.39, 0.29) is 24.2 Å². The number of aromatic amines is 1. The number of halogens is 3. The number of fused-ring (bicyclic) bond motifs is 1. The van der Waals surface area contributed by atoms with Gasteiger partial charge in [-0.05, 0) is 6.07 Å². The van der Waals surface area contributed by atoms with E-state index in [1.165, 1.54) is 17.8 Å². The summed E-state index contributed by atoms with van der Waals surface area (Å²) in [6, 6.07) is 6.43. The number of alkyl halides is 1. The number of rotatable bonds is 3. The number of thioether (sulfide) groups is 1. The fourth-order valence-electron chi connectivity index (χ4n) is 3.69. The predicted molar refractivity (Wildman–Crippen MR) is 97.5 cm³/mol. The highest BCUT2D eigenvalue weighted by Crippen LogP contribution is 2.51. The zero-order chi connectivity index (χ0) is 19.2. The maximum atomic E-state index is 14.6. The van der Waals surface area contributed by atoms with Crippen molar-refractivity contribution in [2.75, 3.05) is 24.5 Å². The summed E-state index contributed by atoms with van der Waals surface area (Å²) in [6.07, 6.45) is 0. The fraction of sp³-hybridized carbons (Fsp3) is 0.353. The summed E-state index contributed by atoms with van der Waals surface area (Å²) in [4.78, 5) is 24.0. The first kappa shape index (κ1) is 17.9. The highest BCUT2D eigenvalue weighted by atomic mass is 32.2. The maximum Gasteiger partial charge on any atom is 0.288 e. The molecule has 0 radical (unpaired) electrons. The second-order valence-corrected chi connectivity index (χ2v) is 7.86. The molecule has 27 heavy (non-hydrogen) atoms. The second-order valence-electron chi connectivity index (χ2n) is 6.51. The van der Waals surface area contributed by atoms with Gasteiger partial charge in [-0.2, -0.15) is 4.39 Å². The van der Waals surface area contributed by atoms with E-state index in [1.807, 2.05) is 0 Å². The van der Waals surface area contributed by atoms with E-state index in [1.54, 1.807) is 23.1 Å². The van der Waals surface area contributed by atoms with E-state index in [4.69, 9.17) is 5.73 Å². The molecule has 3 heterocycles.